The Morgan fingerprint density at radius 3 is 2.52 bits per heavy atom. The SMILES string of the molecule is CCOC(=O)c1cc(-c2ccc(CC(F)(F)F)cc2)on1. The molecule has 21 heavy (non-hydrogen) atoms. The molecule has 0 aliphatic heterocycles. The Balaban J connectivity index is 2.14. The molecule has 1 heterocycles. The van der Waals surface area contributed by atoms with Gasteiger partial charge in [-0.2, -0.15) is 13.2 Å². The summed E-state index contributed by atoms with van der Waals surface area (Å²) in [6, 6.07) is 7.06. The second kappa shape index (κ2) is 5.99. The van der Waals surface area contributed by atoms with Crippen molar-refractivity contribution in [3.8, 4) is 11.3 Å². The van der Waals surface area contributed by atoms with Gasteiger partial charge in [0.1, 0.15) is 0 Å². The molecule has 2 aromatic rings. The highest BCUT2D eigenvalue weighted by atomic mass is 19.4. The van der Waals surface area contributed by atoms with E-state index in [2.05, 4.69) is 5.16 Å². The third-order valence-electron chi connectivity index (χ3n) is 2.64. The van der Waals surface area contributed by atoms with Gasteiger partial charge in [-0.1, -0.05) is 29.4 Å². The van der Waals surface area contributed by atoms with Crippen molar-refractivity contribution in [3.63, 3.8) is 0 Å². The molecule has 0 fully saturated rings. The van der Waals surface area contributed by atoms with Crippen LogP contribution in [0.5, 0.6) is 0 Å². The number of ether oxygens (including phenoxy) is 1. The van der Waals surface area contributed by atoms with Gasteiger partial charge in [0.25, 0.3) is 0 Å². The van der Waals surface area contributed by atoms with E-state index in [1.807, 2.05) is 0 Å². The van der Waals surface area contributed by atoms with Gasteiger partial charge in [-0.25, -0.2) is 4.79 Å². The van der Waals surface area contributed by atoms with Crippen molar-refractivity contribution in [3.05, 3.63) is 41.6 Å². The van der Waals surface area contributed by atoms with E-state index in [1.165, 1.54) is 30.3 Å². The maximum absolute atomic E-state index is 12.2. The Bertz CT molecular complexity index is 617. The lowest BCUT2D eigenvalue weighted by Crippen LogP contribution is -2.11. The number of esters is 1. The Hall–Kier alpha value is -2.31. The number of benzene rings is 1. The van der Waals surface area contributed by atoms with E-state index in [4.69, 9.17) is 9.26 Å². The van der Waals surface area contributed by atoms with Crippen LogP contribution in [-0.4, -0.2) is 23.9 Å². The van der Waals surface area contributed by atoms with Crippen LogP contribution in [0.4, 0.5) is 13.2 Å². The lowest BCUT2D eigenvalue weighted by Gasteiger charge is -2.06. The number of halogens is 3. The summed E-state index contributed by atoms with van der Waals surface area (Å²) in [5.74, 6) is -0.321. The zero-order valence-corrected chi connectivity index (χ0v) is 11.1. The van der Waals surface area contributed by atoms with Crippen LogP contribution in [0.25, 0.3) is 11.3 Å². The van der Waals surface area contributed by atoms with Gasteiger partial charge in [0.05, 0.1) is 13.0 Å². The number of rotatable bonds is 4. The fraction of sp³-hybridized carbons (Fsp3) is 0.286. The van der Waals surface area contributed by atoms with Crippen molar-refractivity contribution in [2.45, 2.75) is 19.5 Å². The number of carbonyl (C=O) groups excluding carboxylic acids is 1. The van der Waals surface area contributed by atoms with E-state index in [0.29, 0.717) is 5.56 Å². The molecule has 0 aliphatic carbocycles. The third-order valence-corrected chi connectivity index (χ3v) is 2.64. The number of aromatic nitrogens is 1. The minimum Gasteiger partial charge on any atom is -0.461 e. The second-order valence-corrected chi connectivity index (χ2v) is 4.29. The molecule has 0 saturated carbocycles. The van der Waals surface area contributed by atoms with E-state index in [-0.39, 0.29) is 23.6 Å². The average molecular weight is 299 g/mol. The summed E-state index contributed by atoms with van der Waals surface area (Å²) < 4.78 is 46.5. The summed E-state index contributed by atoms with van der Waals surface area (Å²) in [5.41, 5.74) is 0.701. The van der Waals surface area contributed by atoms with Crippen LogP contribution in [0.1, 0.15) is 23.0 Å². The minimum absolute atomic E-state index is 0.0196. The van der Waals surface area contributed by atoms with Gasteiger partial charge < -0.3 is 9.26 Å². The van der Waals surface area contributed by atoms with E-state index >= 15 is 0 Å². The van der Waals surface area contributed by atoms with Crippen molar-refractivity contribution in [2.24, 2.45) is 0 Å². The van der Waals surface area contributed by atoms with Crippen LogP contribution in [0.2, 0.25) is 0 Å². The summed E-state index contributed by atoms with van der Waals surface area (Å²) in [5, 5.41) is 3.56. The monoisotopic (exact) mass is 299 g/mol. The Kier molecular flexibility index (Phi) is 4.30. The molecular weight excluding hydrogens is 287 g/mol. The fourth-order valence-corrected chi connectivity index (χ4v) is 1.73. The summed E-state index contributed by atoms with van der Waals surface area (Å²) in [6.07, 6.45) is -5.23. The highest BCUT2D eigenvalue weighted by Crippen LogP contribution is 2.25. The van der Waals surface area contributed by atoms with E-state index in [0.717, 1.165) is 0 Å². The first kappa shape index (κ1) is 15.1. The molecule has 0 aliphatic rings. The van der Waals surface area contributed by atoms with E-state index in [1.54, 1.807) is 6.92 Å². The number of hydrogen-bond donors (Lipinski definition) is 0. The smallest absolute Gasteiger partial charge is 0.393 e. The Labute approximate surface area is 118 Å². The molecule has 0 saturated heterocycles. The lowest BCUT2D eigenvalue weighted by molar-refractivity contribution is -0.127. The number of carbonyl (C=O) groups is 1. The molecule has 1 aromatic heterocycles. The first-order valence-electron chi connectivity index (χ1n) is 6.19. The van der Waals surface area contributed by atoms with Crippen molar-refractivity contribution in [2.75, 3.05) is 6.61 Å². The maximum Gasteiger partial charge on any atom is 0.393 e. The molecule has 112 valence electrons. The molecule has 2 rings (SSSR count). The number of hydrogen-bond acceptors (Lipinski definition) is 4. The quantitative estimate of drug-likeness (QED) is 0.809. The van der Waals surface area contributed by atoms with Gasteiger partial charge in [-0.3, -0.25) is 0 Å². The van der Waals surface area contributed by atoms with Gasteiger partial charge >= 0.3 is 12.1 Å². The summed E-state index contributed by atoms with van der Waals surface area (Å²) >= 11 is 0. The predicted molar refractivity (Wildman–Crippen MR) is 67.7 cm³/mol. The van der Waals surface area contributed by atoms with Crippen LogP contribution >= 0.6 is 0 Å². The molecule has 0 amide bonds. The van der Waals surface area contributed by atoms with Crippen molar-refractivity contribution in [1.82, 2.24) is 5.16 Å². The van der Waals surface area contributed by atoms with Crippen LogP contribution in [0.15, 0.2) is 34.9 Å². The van der Waals surface area contributed by atoms with E-state index < -0.39 is 18.6 Å². The van der Waals surface area contributed by atoms with Crippen LogP contribution < -0.4 is 0 Å². The first-order chi connectivity index (χ1) is 9.89. The standard InChI is InChI=1S/C14H12F3NO3/c1-2-20-13(19)11-7-12(21-18-11)10-5-3-9(4-6-10)8-14(15,16)17/h3-7H,2,8H2,1H3. The molecule has 0 bridgehead atoms. The van der Waals surface area contributed by atoms with Gasteiger partial charge in [0.2, 0.25) is 0 Å². The van der Waals surface area contributed by atoms with Crippen molar-refractivity contribution >= 4 is 5.97 Å². The lowest BCUT2D eigenvalue weighted by atomic mass is 10.1. The topological polar surface area (TPSA) is 52.3 Å². The predicted octanol–water partition coefficient (Wildman–Crippen LogP) is 3.62. The summed E-state index contributed by atoms with van der Waals surface area (Å²) in [6.45, 7) is 1.88. The van der Waals surface area contributed by atoms with Gasteiger partial charge in [-0.05, 0) is 12.5 Å². The van der Waals surface area contributed by atoms with Crippen molar-refractivity contribution < 1.29 is 27.2 Å². The highest BCUT2D eigenvalue weighted by Gasteiger charge is 2.27. The molecule has 1 aromatic carbocycles. The molecule has 0 atom stereocenters. The zero-order valence-electron chi connectivity index (χ0n) is 11.1. The number of nitrogens with zero attached hydrogens (tertiary/aromatic N) is 1. The van der Waals surface area contributed by atoms with Gasteiger partial charge in [0, 0.05) is 11.6 Å². The first-order valence-corrected chi connectivity index (χ1v) is 6.19. The summed E-state index contributed by atoms with van der Waals surface area (Å²) in [4.78, 5) is 11.4. The zero-order chi connectivity index (χ0) is 15.5. The molecular formula is C14H12F3NO3. The van der Waals surface area contributed by atoms with Crippen LogP contribution in [-0.2, 0) is 11.2 Å². The summed E-state index contributed by atoms with van der Waals surface area (Å²) in [7, 11) is 0. The average Bonchev–Trinajstić information content (AvgIpc) is 2.87. The highest BCUT2D eigenvalue weighted by molar-refractivity contribution is 5.88. The van der Waals surface area contributed by atoms with E-state index in [9.17, 15) is 18.0 Å². The fourth-order valence-electron chi connectivity index (χ4n) is 1.73. The Morgan fingerprint density at radius 2 is 1.95 bits per heavy atom. The molecule has 7 heteroatoms. The molecule has 4 nitrogen and oxygen atoms in total. The second-order valence-electron chi connectivity index (χ2n) is 4.29. The van der Waals surface area contributed by atoms with Crippen LogP contribution in [0.3, 0.4) is 0 Å². The molecule has 0 unspecified atom stereocenters. The molecule has 0 radical (unpaired) electrons. The molecule has 0 N–H and O–H groups in total. The molecule has 0 spiro atoms. The van der Waals surface area contributed by atoms with Crippen LogP contribution in [0, 0.1) is 0 Å². The third kappa shape index (κ3) is 4.08. The van der Waals surface area contributed by atoms with Gasteiger partial charge in [-0.15, -0.1) is 0 Å². The number of alkyl halides is 3. The Morgan fingerprint density at radius 1 is 1.29 bits per heavy atom. The minimum atomic E-state index is -4.25. The van der Waals surface area contributed by atoms with Crippen molar-refractivity contribution in [1.29, 1.82) is 0 Å². The maximum atomic E-state index is 12.2. The largest absolute Gasteiger partial charge is 0.461 e. The van der Waals surface area contributed by atoms with Gasteiger partial charge in [0.15, 0.2) is 11.5 Å². The normalized spacial score (nSPS) is 11.4.